The fourth-order valence-electron chi connectivity index (χ4n) is 9.07. The zero-order valence-corrected chi connectivity index (χ0v) is 21.2. The monoisotopic (exact) mass is 455 g/mol. The van der Waals surface area contributed by atoms with Gasteiger partial charge in [0.2, 0.25) is 0 Å². The summed E-state index contributed by atoms with van der Waals surface area (Å²) in [7, 11) is 0. The smallest absolute Gasteiger partial charge is 0.307 e. The van der Waals surface area contributed by atoms with E-state index in [0.29, 0.717) is 18.1 Å². The van der Waals surface area contributed by atoms with E-state index in [1.165, 1.54) is 38.5 Å². The van der Waals surface area contributed by atoms with Crippen molar-refractivity contribution in [2.75, 3.05) is 19.6 Å². The minimum absolute atomic E-state index is 0.00174. The summed E-state index contributed by atoms with van der Waals surface area (Å²) >= 11 is 0. The molecule has 0 aromatic rings. The third-order valence-corrected chi connectivity index (χ3v) is 10.9. The molecule has 4 heteroatoms. The van der Waals surface area contributed by atoms with Crippen LogP contribution in [-0.2, 0) is 14.3 Å². The number of carbonyl (C=O) groups is 2. The Morgan fingerprint density at radius 2 is 1.82 bits per heavy atom. The SMILES string of the molecule is CC(=O)C1CCC2C3CC=C4CC(OC(=O)CCN5CCCCC5)CCC4(C)C3CCC12C. The molecule has 33 heavy (non-hydrogen) atoms. The largest absolute Gasteiger partial charge is 0.462 e. The first-order valence-corrected chi connectivity index (χ1v) is 13.9. The number of piperidine rings is 1. The predicted molar refractivity (Wildman–Crippen MR) is 131 cm³/mol. The van der Waals surface area contributed by atoms with Gasteiger partial charge >= 0.3 is 5.97 Å². The molecule has 4 fully saturated rings. The lowest BCUT2D eigenvalue weighted by atomic mass is 9.47. The molecule has 0 radical (unpaired) electrons. The topological polar surface area (TPSA) is 46.6 Å². The molecule has 4 aliphatic carbocycles. The zero-order chi connectivity index (χ0) is 23.2. The fraction of sp³-hybridized carbons (Fsp3) is 0.862. The van der Waals surface area contributed by atoms with Crippen LogP contribution in [0.1, 0.15) is 97.8 Å². The van der Waals surface area contributed by atoms with Crippen LogP contribution in [0.25, 0.3) is 0 Å². The molecule has 1 aliphatic heterocycles. The summed E-state index contributed by atoms with van der Waals surface area (Å²) in [5.41, 5.74) is 2.04. The summed E-state index contributed by atoms with van der Waals surface area (Å²) in [6, 6.07) is 0. The first-order valence-electron chi connectivity index (χ1n) is 13.9. The van der Waals surface area contributed by atoms with Crippen molar-refractivity contribution in [1.82, 2.24) is 4.90 Å². The zero-order valence-electron chi connectivity index (χ0n) is 21.2. The summed E-state index contributed by atoms with van der Waals surface area (Å²) in [5, 5.41) is 0. The molecule has 0 amide bonds. The van der Waals surface area contributed by atoms with Crippen LogP contribution in [0.2, 0.25) is 0 Å². The van der Waals surface area contributed by atoms with E-state index >= 15 is 0 Å². The molecule has 0 aromatic heterocycles. The van der Waals surface area contributed by atoms with Crippen LogP contribution < -0.4 is 0 Å². The lowest BCUT2D eigenvalue weighted by Gasteiger charge is -2.58. The normalized spacial score (nSPS) is 43.1. The molecule has 0 aromatic carbocycles. The highest BCUT2D eigenvalue weighted by molar-refractivity contribution is 5.79. The summed E-state index contributed by atoms with van der Waals surface area (Å²) in [5.74, 6) is 2.85. The summed E-state index contributed by atoms with van der Waals surface area (Å²) in [4.78, 5) is 27.4. The second-order valence-electron chi connectivity index (χ2n) is 12.6. The van der Waals surface area contributed by atoms with Crippen LogP contribution in [-0.4, -0.2) is 42.4 Å². The van der Waals surface area contributed by atoms with Gasteiger partial charge in [0, 0.05) is 18.9 Å². The Hall–Kier alpha value is -1.16. The highest BCUT2D eigenvalue weighted by Crippen LogP contribution is 2.66. The number of allylic oxidation sites excluding steroid dienone is 1. The Balaban J connectivity index is 1.21. The number of esters is 1. The Labute approximate surface area is 200 Å². The van der Waals surface area contributed by atoms with Gasteiger partial charge in [0.15, 0.2) is 0 Å². The van der Waals surface area contributed by atoms with Crippen molar-refractivity contribution >= 4 is 11.8 Å². The first-order chi connectivity index (χ1) is 15.8. The minimum atomic E-state index is -0.00174. The van der Waals surface area contributed by atoms with Crippen LogP contribution in [0.5, 0.6) is 0 Å². The predicted octanol–water partition coefficient (Wildman–Crippen LogP) is 5.94. The summed E-state index contributed by atoms with van der Waals surface area (Å²) in [6.07, 6.45) is 16.0. The maximum absolute atomic E-state index is 12.6. The molecule has 5 rings (SSSR count). The van der Waals surface area contributed by atoms with Crippen LogP contribution in [0.15, 0.2) is 11.6 Å². The lowest BCUT2D eigenvalue weighted by Crippen LogP contribution is -2.51. The molecule has 1 saturated heterocycles. The molecule has 0 spiro atoms. The number of Topliss-reactive ketones (excluding diaryl/α,β-unsaturated/α-hetero) is 1. The molecule has 7 unspecified atom stereocenters. The van der Waals surface area contributed by atoms with Gasteiger partial charge in [0.1, 0.15) is 11.9 Å². The first kappa shape index (κ1) is 23.6. The second-order valence-corrected chi connectivity index (χ2v) is 12.6. The van der Waals surface area contributed by atoms with Crippen molar-refractivity contribution in [2.24, 2.45) is 34.5 Å². The molecule has 4 nitrogen and oxygen atoms in total. The highest BCUT2D eigenvalue weighted by Gasteiger charge is 2.59. The minimum Gasteiger partial charge on any atom is -0.462 e. The van der Waals surface area contributed by atoms with Gasteiger partial charge in [0.05, 0.1) is 6.42 Å². The Bertz CT molecular complexity index is 799. The van der Waals surface area contributed by atoms with E-state index in [0.717, 1.165) is 63.6 Å². The fourth-order valence-corrected chi connectivity index (χ4v) is 9.07. The van der Waals surface area contributed by atoms with Crippen molar-refractivity contribution < 1.29 is 14.3 Å². The van der Waals surface area contributed by atoms with E-state index in [9.17, 15) is 9.59 Å². The third-order valence-electron chi connectivity index (χ3n) is 10.9. The number of rotatable bonds is 5. The quantitative estimate of drug-likeness (QED) is 0.380. The summed E-state index contributed by atoms with van der Waals surface area (Å²) < 4.78 is 5.99. The Morgan fingerprint density at radius 3 is 2.58 bits per heavy atom. The van der Waals surface area contributed by atoms with Gasteiger partial charge in [-0.15, -0.1) is 0 Å². The Morgan fingerprint density at radius 1 is 1.03 bits per heavy atom. The molecular formula is C29H45NO3. The number of nitrogens with zero attached hydrogens (tertiary/aromatic N) is 1. The van der Waals surface area contributed by atoms with Gasteiger partial charge in [-0.2, -0.15) is 0 Å². The molecule has 3 saturated carbocycles. The van der Waals surface area contributed by atoms with Crippen molar-refractivity contribution in [3.8, 4) is 0 Å². The Kier molecular flexibility index (Phi) is 6.52. The maximum Gasteiger partial charge on any atom is 0.307 e. The number of carbonyl (C=O) groups excluding carboxylic acids is 2. The molecule has 0 N–H and O–H groups in total. The van der Waals surface area contributed by atoms with E-state index in [1.807, 2.05) is 6.92 Å². The standard InChI is InChI=1S/C29H45NO3/c1-20(31)24-9-10-25-23-8-7-21-19-22(33-27(32)13-18-30-16-5-4-6-17-30)11-14-28(21,2)26(23)12-15-29(24,25)3/h7,22-26H,4-6,8-19H2,1-3H3. The second kappa shape index (κ2) is 9.13. The summed E-state index contributed by atoms with van der Waals surface area (Å²) in [6.45, 7) is 9.88. The van der Waals surface area contributed by atoms with Crippen LogP contribution in [0.3, 0.4) is 0 Å². The number of fused-ring (bicyclic) bond motifs is 5. The lowest BCUT2D eigenvalue weighted by molar-refractivity contribution is -0.152. The van der Waals surface area contributed by atoms with Crippen LogP contribution in [0, 0.1) is 34.5 Å². The molecule has 1 heterocycles. The number of ether oxygens (including phenoxy) is 1. The van der Waals surface area contributed by atoms with Gasteiger partial charge in [-0.05, 0) is 106 Å². The molecule has 7 atom stereocenters. The van der Waals surface area contributed by atoms with Crippen molar-refractivity contribution in [3.05, 3.63) is 11.6 Å². The van der Waals surface area contributed by atoms with Gasteiger partial charge in [-0.25, -0.2) is 0 Å². The number of hydrogen-bond acceptors (Lipinski definition) is 4. The highest BCUT2D eigenvalue weighted by atomic mass is 16.5. The third kappa shape index (κ3) is 4.23. The van der Waals surface area contributed by atoms with Gasteiger partial charge in [-0.3, -0.25) is 9.59 Å². The van der Waals surface area contributed by atoms with E-state index in [1.54, 1.807) is 5.57 Å². The van der Waals surface area contributed by atoms with E-state index in [-0.39, 0.29) is 28.8 Å². The van der Waals surface area contributed by atoms with Gasteiger partial charge < -0.3 is 9.64 Å². The van der Waals surface area contributed by atoms with Crippen LogP contribution >= 0.6 is 0 Å². The number of likely N-dealkylation sites (tertiary alicyclic amines) is 1. The van der Waals surface area contributed by atoms with E-state index in [4.69, 9.17) is 4.74 Å². The van der Waals surface area contributed by atoms with Crippen molar-refractivity contribution in [1.29, 1.82) is 0 Å². The average Bonchev–Trinajstić information content (AvgIpc) is 3.16. The molecule has 0 bridgehead atoms. The van der Waals surface area contributed by atoms with Crippen molar-refractivity contribution in [2.45, 2.75) is 104 Å². The molecule has 184 valence electrons. The van der Waals surface area contributed by atoms with Crippen molar-refractivity contribution in [3.63, 3.8) is 0 Å². The van der Waals surface area contributed by atoms with Gasteiger partial charge in [0.25, 0.3) is 0 Å². The van der Waals surface area contributed by atoms with E-state index < -0.39 is 0 Å². The average molecular weight is 456 g/mol. The molecule has 5 aliphatic rings. The molecular weight excluding hydrogens is 410 g/mol. The van der Waals surface area contributed by atoms with E-state index in [2.05, 4.69) is 24.8 Å². The van der Waals surface area contributed by atoms with Gasteiger partial charge in [-0.1, -0.05) is 31.9 Å². The van der Waals surface area contributed by atoms with Crippen LogP contribution in [0.4, 0.5) is 0 Å². The number of ketones is 1. The maximum atomic E-state index is 12.6. The number of hydrogen-bond donors (Lipinski definition) is 0.